The zero-order valence-corrected chi connectivity index (χ0v) is 51.7. The number of allylic oxidation sites excluding steroid dienone is 14. The quantitative estimate of drug-likeness (QED) is 0.0261. The van der Waals surface area contributed by atoms with Gasteiger partial charge < -0.3 is 14.2 Å². The third-order valence-electron chi connectivity index (χ3n) is 14.6. The third-order valence-corrected chi connectivity index (χ3v) is 14.6. The number of hydrogen-bond acceptors (Lipinski definition) is 6. The van der Waals surface area contributed by atoms with E-state index in [2.05, 4.69) is 106 Å². The van der Waals surface area contributed by atoms with Gasteiger partial charge >= 0.3 is 17.9 Å². The molecule has 0 saturated carbocycles. The fourth-order valence-electron chi connectivity index (χ4n) is 9.62. The summed E-state index contributed by atoms with van der Waals surface area (Å²) in [4.78, 5) is 38.0. The standard InChI is InChI=1S/C72H126O6/c1-4-7-10-13-16-18-20-22-24-26-28-30-32-33-34-35-36-37-38-39-41-42-44-46-48-50-52-54-56-59-62-65-71(74)77-68-69(67-76-70(73)64-61-58-15-12-9-6-3)78-72(75)66-63-60-57-55-53-51-49-47-45-43-40-31-29-27-25-23-21-19-17-14-11-8-5-2/h8,11,17,19,23,25-26,28-29,31,43,45,49,51,69H,4-7,9-10,12-16,18,20-22,24,27,30,32-42,44,46-48,50,52-68H2,1-3H3/b11-8-,19-17-,25-23-,28-26-,31-29-,45-43-,51-49-. The van der Waals surface area contributed by atoms with Crippen LogP contribution in [0.25, 0.3) is 0 Å². The highest BCUT2D eigenvalue weighted by Crippen LogP contribution is 2.17. The van der Waals surface area contributed by atoms with E-state index in [1.54, 1.807) is 0 Å². The summed E-state index contributed by atoms with van der Waals surface area (Å²) in [7, 11) is 0. The zero-order valence-electron chi connectivity index (χ0n) is 51.7. The number of unbranched alkanes of at least 4 members (excludes halogenated alkanes) is 36. The summed E-state index contributed by atoms with van der Waals surface area (Å²) in [5, 5.41) is 0. The molecular weight excluding hydrogens is 961 g/mol. The molecule has 0 spiro atoms. The lowest BCUT2D eigenvalue weighted by Crippen LogP contribution is -2.30. The van der Waals surface area contributed by atoms with Crippen molar-refractivity contribution in [1.29, 1.82) is 0 Å². The first kappa shape index (κ1) is 74.6. The van der Waals surface area contributed by atoms with Crippen LogP contribution in [0.1, 0.15) is 335 Å². The van der Waals surface area contributed by atoms with Crippen molar-refractivity contribution in [1.82, 2.24) is 0 Å². The summed E-state index contributed by atoms with van der Waals surface area (Å²) in [5.41, 5.74) is 0. The van der Waals surface area contributed by atoms with Gasteiger partial charge in [0.2, 0.25) is 0 Å². The number of esters is 3. The first-order valence-corrected chi connectivity index (χ1v) is 33.6. The van der Waals surface area contributed by atoms with Gasteiger partial charge in [-0.05, 0) is 96.3 Å². The summed E-state index contributed by atoms with van der Waals surface area (Å²) < 4.78 is 16.8. The molecule has 6 nitrogen and oxygen atoms in total. The lowest BCUT2D eigenvalue weighted by atomic mass is 10.0. The topological polar surface area (TPSA) is 78.9 Å². The highest BCUT2D eigenvalue weighted by molar-refractivity contribution is 5.71. The van der Waals surface area contributed by atoms with Gasteiger partial charge in [-0.1, -0.05) is 305 Å². The van der Waals surface area contributed by atoms with E-state index in [1.165, 1.54) is 186 Å². The minimum atomic E-state index is -0.787. The summed E-state index contributed by atoms with van der Waals surface area (Å²) in [6.45, 7) is 6.48. The van der Waals surface area contributed by atoms with Gasteiger partial charge in [-0.15, -0.1) is 0 Å². The van der Waals surface area contributed by atoms with E-state index >= 15 is 0 Å². The van der Waals surface area contributed by atoms with E-state index in [0.29, 0.717) is 19.3 Å². The van der Waals surface area contributed by atoms with Gasteiger partial charge in [-0.3, -0.25) is 14.4 Å². The molecule has 0 rings (SSSR count). The van der Waals surface area contributed by atoms with E-state index < -0.39 is 6.10 Å². The molecule has 0 heterocycles. The van der Waals surface area contributed by atoms with Crippen LogP contribution in [-0.2, 0) is 28.6 Å². The molecule has 0 radical (unpaired) electrons. The van der Waals surface area contributed by atoms with E-state index in [4.69, 9.17) is 14.2 Å². The third kappa shape index (κ3) is 63.4. The molecular formula is C72H126O6. The SMILES string of the molecule is CC/C=C\C/C=C\C/C=C\C/C=C\C/C=C\C/C=C\CCCCCCC(=O)OC(COC(=O)CCCCCCCC)COC(=O)CCCCCCCCCCCCCCCCCCCCC/C=C\CCCCCCCCCC. The number of hydrogen-bond donors (Lipinski definition) is 0. The molecule has 1 atom stereocenters. The molecule has 0 amide bonds. The Morgan fingerprint density at radius 1 is 0.269 bits per heavy atom. The van der Waals surface area contributed by atoms with Crippen LogP contribution in [0, 0.1) is 0 Å². The van der Waals surface area contributed by atoms with Crippen LogP contribution in [0.15, 0.2) is 85.1 Å². The Labute approximate surface area is 484 Å². The van der Waals surface area contributed by atoms with Crippen molar-refractivity contribution in [3.05, 3.63) is 85.1 Å². The Balaban J connectivity index is 4.05. The van der Waals surface area contributed by atoms with Crippen molar-refractivity contribution < 1.29 is 28.6 Å². The average Bonchev–Trinajstić information content (AvgIpc) is 3.44. The first-order chi connectivity index (χ1) is 38.5. The molecule has 0 aliphatic rings. The molecule has 0 aromatic carbocycles. The number of ether oxygens (including phenoxy) is 3. The second-order valence-corrected chi connectivity index (χ2v) is 22.4. The Morgan fingerprint density at radius 2 is 0.500 bits per heavy atom. The number of carbonyl (C=O) groups is 3. The Bertz CT molecular complexity index is 1480. The van der Waals surface area contributed by atoms with Crippen molar-refractivity contribution in [2.24, 2.45) is 0 Å². The second-order valence-electron chi connectivity index (χ2n) is 22.4. The molecule has 0 aliphatic heterocycles. The second kappa shape index (κ2) is 66.1. The normalized spacial score (nSPS) is 12.6. The molecule has 1 unspecified atom stereocenters. The summed E-state index contributed by atoms with van der Waals surface area (Å²) >= 11 is 0. The van der Waals surface area contributed by atoms with Crippen molar-refractivity contribution >= 4 is 17.9 Å². The van der Waals surface area contributed by atoms with Crippen LogP contribution in [0.5, 0.6) is 0 Å². The smallest absolute Gasteiger partial charge is 0.306 e. The molecule has 6 heteroatoms. The summed E-state index contributed by atoms with van der Waals surface area (Å²) in [6, 6.07) is 0. The van der Waals surface area contributed by atoms with Gasteiger partial charge in [-0.2, -0.15) is 0 Å². The minimum absolute atomic E-state index is 0.0844. The zero-order chi connectivity index (χ0) is 56.4. The fourth-order valence-corrected chi connectivity index (χ4v) is 9.62. The van der Waals surface area contributed by atoms with Crippen molar-refractivity contribution in [2.45, 2.75) is 341 Å². The Hall–Kier alpha value is -3.41. The lowest BCUT2D eigenvalue weighted by molar-refractivity contribution is -0.167. The Morgan fingerprint density at radius 3 is 0.795 bits per heavy atom. The maximum atomic E-state index is 12.8. The van der Waals surface area contributed by atoms with E-state index in [-0.39, 0.29) is 31.1 Å². The molecule has 78 heavy (non-hydrogen) atoms. The van der Waals surface area contributed by atoms with Crippen molar-refractivity contribution in [3.63, 3.8) is 0 Å². The molecule has 450 valence electrons. The van der Waals surface area contributed by atoms with Gasteiger partial charge in [0, 0.05) is 19.3 Å². The van der Waals surface area contributed by atoms with E-state index in [0.717, 1.165) is 109 Å². The average molecular weight is 1090 g/mol. The lowest BCUT2D eigenvalue weighted by Gasteiger charge is -2.18. The van der Waals surface area contributed by atoms with Crippen molar-refractivity contribution in [3.8, 4) is 0 Å². The molecule has 0 aromatic heterocycles. The predicted molar refractivity (Wildman–Crippen MR) is 339 cm³/mol. The van der Waals surface area contributed by atoms with Crippen LogP contribution < -0.4 is 0 Å². The fraction of sp³-hybridized carbons (Fsp3) is 0.764. The molecule has 0 fully saturated rings. The molecule has 0 saturated heterocycles. The predicted octanol–water partition coefficient (Wildman–Crippen LogP) is 23.1. The molecule has 0 aliphatic carbocycles. The van der Waals surface area contributed by atoms with Crippen molar-refractivity contribution in [2.75, 3.05) is 13.2 Å². The van der Waals surface area contributed by atoms with Gasteiger partial charge in [0.25, 0.3) is 0 Å². The maximum Gasteiger partial charge on any atom is 0.306 e. The monoisotopic (exact) mass is 1090 g/mol. The Kier molecular flexibility index (Phi) is 63.2. The van der Waals surface area contributed by atoms with Crippen LogP contribution in [0.3, 0.4) is 0 Å². The minimum Gasteiger partial charge on any atom is -0.462 e. The summed E-state index contributed by atoms with van der Waals surface area (Å²) in [5.74, 6) is -0.908. The van der Waals surface area contributed by atoms with Gasteiger partial charge in [0.05, 0.1) is 0 Å². The first-order valence-electron chi connectivity index (χ1n) is 33.6. The molecule has 0 aromatic rings. The highest BCUT2D eigenvalue weighted by atomic mass is 16.6. The number of carbonyl (C=O) groups excluding carboxylic acids is 3. The van der Waals surface area contributed by atoms with Crippen LogP contribution in [0.4, 0.5) is 0 Å². The van der Waals surface area contributed by atoms with Crippen LogP contribution in [0.2, 0.25) is 0 Å². The molecule has 0 N–H and O–H groups in total. The van der Waals surface area contributed by atoms with E-state index in [9.17, 15) is 14.4 Å². The van der Waals surface area contributed by atoms with E-state index in [1.807, 2.05) is 0 Å². The number of rotatable bonds is 61. The van der Waals surface area contributed by atoms with Gasteiger partial charge in [-0.25, -0.2) is 0 Å². The maximum absolute atomic E-state index is 12.8. The highest BCUT2D eigenvalue weighted by Gasteiger charge is 2.19. The van der Waals surface area contributed by atoms with Crippen LogP contribution in [-0.4, -0.2) is 37.2 Å². The van der Waals surface area contributed by atoms with Gasteiger partial charge in [0.1, 0.15) is 13.2 Å². The molecule has 0 bridgehead atoms. The summed E-state index contributed by atoms with van der Waals surface area (Å²) in [6.07, 6.45) is 87.9. The van der Waals surface area contributed by atoms with Gasteiger partial charge in [0.15, 0.2) is 6.10 Å². The van der Waals surface area contributed by atoms with Crippen LogP contribution >= 0.6 is 0 Å². The largest absolute Gasteiger partial charge is 0.462 e.